The van der Waals surface area contributed by atoms with Crippen LogP contribution in [-0.2, 0) is 32.4 Å². The van der Waals surface area contributed by atoms with Crippen LogP contribution in [0.1, 0.15) is 46.8 Å². The number of nitrogens with zero attached hydrogens (tertiary/aromatic N) is 4. The zero-order valence-electron chi connectivity index (χ0n) is 19.9. The fourth-order valence-corrected chi connectivity index (χ4v) is 5.86. The highest BCUT2D eigenvalue weighted by Crippen LogP contribution is 2.60. The predicted octanol–water partition coefficient (Wildman–Crippen LogP) is 2.97. The van der Waals surface area contributed by atoms with Crippen molar-refractivity contribution in [1.82, 2.24) is 19.5 Å². The van der Waals surface area contributed by atoms with Gasteiger partial charge in [-0.1, -0.05) is 0 Å². The van der Waals surface area contributed by atoms with Crippen LogP contribution in [0.2, 0.25) is 0 Å². The summed E-state index contributed by atoms with van der Waals surface area (Å²) in [6, 6.07) is 0. The number of esters is 1. The molecule has 0 aromatic carbocycles. The van der Waals surface area contributed by atoms with Gasteiger partial charge in [-0.3, -0.25) is 22.9 Å². The van der Waals surface area contributed by atoms with Crippen molar-refractivity contribution in [2.75, 3.05) is 25.6 Å². The molecule has 0 radical (unpaired) electrons. The number of carbonyl (C=O) groups excluding carboxylic acids is 1. The number of nitrogen functional groups attached to an aromatic ring is 1. The minimum atomic E-state index is -3.93. The predicted molar refractivity (Wildman–Crippen MR) is 124 cm³/mol. The molecule has 2 saturated heterocycles. The Bertz CT molecular complexity index is 1130. The number of ether oxygens (including phenoxy) is 3. The van der Waals surface area contributed by atoms with Gasteiger partial charge in [-0.05, 0) is 34.1 Å². The van der Waals surface area contributed by atoms with Gasteiger partial charge in [0.2, 0.25) is 11.8 Å². The van der Waals surface area contributed by atoms with Crippen LogP contribution in [0.3, 0.4) is 0 Å². The van der Waals surface area contributed by atoms with Crippen molar-refractivity contribution < 1.29 is 37.1 Å². The first-order valence-corrected chi connectivity index (χ1v) is 13.1. The molecule has 2 fully saturated rings. The van der Waals surface area contributed by atoms with Gasteiger partial charge in [0.15, 0.2) is 17.4 Å². The molecule has 0 bridgehead atoms. The van der Waals surface area contributed by atoms with Crippen molar-refractivity contribution in [3.05, 3.63) is 6.33 Å². The van der Waals surface area contributed by atoms with Gasteiger partial charge in [0.05, 0.1) is 32.3 Å². The van der Waals surface area contributed by atoms with Gasteiger partial charge in [-0.15, -0.1) is 11.6 Å². The monoisotopic (exact) mass is 533 g/mol. The van der Waals surface area contributed by atoms with Gasteiger partial charge in [-0.25, -0.2) is 9.55 Å². The van der Waals surface area contributed by atoms with Crippen molar-refractivity contribution in [1.29, 1.82) is 0 Å². The largest absolute Gasteiger partial charge is 0.476 e. The van der Waals surface area contributed by atoms with Crippen LogP contribution in [-0.4, -0.2) is 68.5 Å². The van der Waals surface area contributed by atoms with Crippen LogP contribution in [0, 0.1) is 0 Å². The van der Waals surface area contributed by atoms with Gasteiger partial charge in [0, 0.05) is 6.42 Å². The van der Waals surface area contributed by atoms with E-state index in [2.05, 4.69) is 15.0 Å². The lowest BCUT2D eigenvalue weighted by Crippen LogP contribution is -2.44. The average molecular weight is 534 g/mol. The van der Waals surface area contributed by atoms with Gasteiger partial charge < -0.3 is 19.9 Å². The standard InChI is InChI=1S/C20H29ClN5O8P/c1-5-29-17-14-16(24-19(22)25-17)26(10-23-14)18-20(4,21)15-12(33-18)9-31-35(28,34-15)30-8-6-7-13(27)32-11(2)3/h10-12,15,18H,5-9H2,1-4H3,(H2,22,24,25)/t12-,15-,18-,20-,35?/m1/s1. The van der Waals surface area contributed by atoms with Crippen molar-refractivity contribution >= 4 is 42.5 Å². The molecule has 2 aliphatic heterocycles. The van der Waals surface area contributed by atoms with Crippen LogP contribution < -0.4 is 10.5 Å². The highest BCUT2D eigenvalue weighted by molar-refractivity contribution is 7.48. The van der Waals surface area contributed by atoms with Crippen LogP contribution in [0.25, 0.3) is 11.2 Å². The lowest BCUT2D eigenvalue weighted by molar-refractivity contribution is -0.147. The quantitative estimate of drug-likeness (QED) is 0.217. The first-order chi connectivity index (χ1) is 16.5. The summed E-state index contributed by atoms with van der Waals surface area (Å²) in [6.45, 7) is 7.32. The minimum Gasteiger partial charge on any atom is -0.476 e. The van der Waals surface area contributed by atoms with Crippen molar-refractivity contribution in [2.45, 2.75) is 70.0 Å². The summed E-state index contributed by atoms with van der Waals surface area (Å²) in [5, 5.41) is 0. The number of fused-ring (bicyclic) bond motifs is 2. The third-order valence-electron chi connectivity index (χ3n) is 5.40. The van der Waals surface area contributed by atoms with E-state index in [-0.39, 0.29) is 50.0 Å². The van der Waals surface area contributed by atoms with Crippen molar-refractivity contribution in [3.63, 3.8) is 0 Å². The normalized spacial score (nSPS) is 30.5. The van der Waals surface area contributed by atoms with Crippen LogP contribution in [0.15, 0.2) is 6.33 Å². The molecule has 2 aromatic heterocycles. The molecule has 0 spiro atoms. The van der Waals surface area contributed by atoms with Gasteiger partial charge in [-0.2, -0.15) is 9.97 Å². The Kier molecular flexibility index (Phi) is 7.56. The first kappa shape index (κ1) is 26.1. The zero-order chi connectivity index (χ0) is 25.4. The van der Waals surface area contributed by atoms with Crippen LogP contribution >= 0.6 is 19.4 Å². The fraction of sp³-hybridized carbons (Fsp3) is 0.700. The average Bonchev–Trinajstić information content (AvgIpc) is 3.29. The number of anilines is 1. The molecule has 15 heteroatoms. The summed E-state index contributed by atoms with van der Waals surface area (Å²) < 4.78 is 47.9. The fourth-order valence-electron chi connectivity index (χ4n) is 3.94. The number of carbonyl (C=O) groups is 1. The number of hydrogen-bond acceptors (Lipinski definition) is 12. The van der Waals surface area contributed by atoms with E-state index in [1.54, 1.807) is 25.3 Å². The third kappa shape index (κ3) is 5.40. The maximum Gasteiger partial charge on any atom is 0.475 e. The molecule has 0 aliphatic carbocycles. The maximum absolute atomic E-state index is 13.1. The Morgan fingerprint density at radius 2 is 2.20 bits per heavy atom. The number of alkyl halides is 1. The van der Waals surface area contributed by atoms with E-state index in [1.807, 2.05) is 6.92 Å². The van der Waals surface area contributed by atoms with Gasteiger partial charge in [0.25, 0.3) is 0 Å². The molecule has 5 atom stereocenters. The van der Waals surface area contributed by atoms with E-state index in [1.165, 1.54) is 6.33 Å². The number of aromatic nitrogens is 4. The van der Waals surface area contributed by atoms with Gasteiger partial charge in [0.1, 0.15) is 17.1 Å². The molecule has 1 unspecified atom stereocenters. The Morgan fingerprint density at radius 3 is 2.91 bits per heavy atom. The molecule has 4 rings (SSSR count). The van der Waals surface area contributed by atoms with Crippen LogP contribution in [0.5, 0.6) is 5.88 Å². The van der Waals surface area contributed by atoms with E-state index in [0.717, 1.165) is 0 Å². The Morgan fingerprint density at radius 1 is 1.43 bits per heavy atom. The van der Waals surface area contributed by atoms with E-state index in [9.17, 15) is 9.36 Å². The maximum atomic E-state index is 13.1. The summed E-state index contributed by atoms with van der Waals surface area (Å²) in [4.78, 5) is 23.2. The number of hydrogen-bond donors (Lipinski definition) is 1. The molecule has 2 N–H and O–H groups in total. The lowest BCUT2D eigenvalue weighted by atomic mass is 10.0. The Balaban J connectivity index is 1.47. The molecule has 13 nitrogen and oxygen atoms in total. The van der Waals surface area contributed by atoms with E-state index in [4.69, 9.17) is 45.1 Å². The highest BCUT2D eigenvalue weighted by Gasteiger charge is 2.60. The smallest absolute Gasteiger partial charge is 0.475 e. The molecule has 0 saturated carbocycles. The molecule has 0 amide bonds. The summed E-state index contributed by atoms with van der Waals surface area (Å²) in [6.07, 6.45) is -0.574. The second kappa shape index (κ2) is 10.2. The molecular formula is C20H29ClN5O8P. The summed E-state index contributed by atoms with van der Waals surface area (Å²) >= 11 is 6.92. The zero-order valence-corrected chi connectivity index (χ0v) is 21.5. The topological polar surface area (TPSA) is 159 Å². The summed E-state index contributed by atoms with van der Waals surface area (Å²) in [5.74, 6) is -0.114. The summed E-state index contributed by atoms with van der Waals surface area (Å²) in [7, 11) is -3.93. The number of rotatable bonds is 9. The second-order valence-corrected chi connectivity index (χ2v) is 11.0. The third-order valence-corrected chi connectivity index (χ3v) is 7.25. The van der Waals surface area contributed by atoms with E-state index >= 15 is 0 Å². The molecule has 4 heterocycles. The van der Waals surface area contributed by atoms with Crippen molar-refractivity contribution in [2.24, 2.45) is 0 Å². The number of imidazole rings is 1. The minimum absolute atomic E-state index is 0.00384. The molecular weight excluding hydrogens is 505 g/mol. The van der Waals surface area contributed by atoms with Crippen molar-refractivity contribution in [3.8, 4) is 5.88 Å². The van der Waals surface area contributed by atoms with E-state index < -0.39 is 31.1 Å². The lowest BCUT2D eigenvalue weighted by Gasteiger charge is -2.34. The highest BCUT2D eigenvalue weighted by atomic mass is 35.5. The second-order valence-electron chi connectivity index (χ2n) is 8.57. The molecule has 2 aliphatic rings. The van der Waals surface area contributed by atoms with Crippen LogP contribution in [0.4, 0.5) is 5.95 Å². The summed E-state index contributed by atoms with van der Waals surface area (Å²) in [5.41, 5.74) is 6.62. The molecule has 35 heavy (non-hydrogen) atoms. The number of halogens is 1. The van der Waals surface area contributed by atoms with E-state index in [0.29, 0.717) is 17.8 Å². The number of phosphoric ester groups is 1. The Hall–Kier alpha value is -2.02. The Labute approximate surface area is 207 Å². The first-order valence-electron chi connectivity index (χ1n) is 11.3. The number of nitrogens with two attached hydrogens (primary N) is 1. The number of phosphoric acid groups is 1. The SMILES string of the molecule is CCOc1nc(N)nc2c1ncn2[C@@H]1O[C@@H]2COP(=O)(OCCCC(=O)OC(C)C)O[C@H]2[C@@]1(C)Cl. The molecule has 2 aromatic rings. The molecule has 194 valence electrons. The van der Waals surface area contributed by atoms with Gasteiger partial charge >= 0.3 is 13.8 Å².